The first-order valence-corrected chi connectivity index (χ1v) is 7.43. The van der Waals surface area contributed by atoms with E-state index < -0.39 is 0 Å². The molecule has 1 aromatic carbocycles. The first kappa shape index (κ1) is 12.8. The van der Waals surface area contributed by atoms with Crippen LogP contribution in [-0.4, -0.2) is 22.5 Å². The summed E-state index contributed by atoms with van der Waals surface area (Å²) in [7, 11) is 1.70. The lowest BCUT2D eigenvalue weighted by Gasteiger charge is -2.08. The molecule has 2 unspecified atom stereocenters. The average Bonchev–Trinajstić information content (AvgIpc) is 3.12. The van der Waals surface area contributed by atoms with E-state index in [9.17, 15) is 0 Å². The maximum absolute atomic E-state index is 5.92. The maximum atomic E-state index is 5.92. The molecule has 4 heteroatoms. The summed E-state index contributed by atoms with van der Waals surface area (Å²) in [6, 6.07) is 6.73. The molecule has 2 aromatic rings. The number of aryl methyl sites for hydroxylation is 1. The highest BCUT2D eigenvalue weighted by Crippen LogP contribution is 2.48. The van der Waals surface area contributed by atoms with E-state index >= 15 is 0 Å². The lowest BCUT2D eigenvalue weighted by molar-refractivity contribution is 0.419. The largest absolute Gasteiger partial charge is 0.494 e. The van der Waals surface area contributed by atoms with E-state index in [2.05, 4.69) is 17.6 Å². The Morgan fingerprint density at radius 2 is 2.32 bits per heavy atom. The quantitative estimate of drug-likeness (QED) is 0.778. The number of fused-ring (bicyclic) bond motifs is 1. The highest BCUT2D eigenvalue weighted by molar-refractivity contribution is 6.17. The second-order valence-electron chi connectivity index (χ2n) is 5.14. The minimum absolute atomic E-state index is 0.598. The van der Waals surface area contributed by atoms with Gasteiger partial charge in [0.2, 0.25) is 0 Å². The molecule has 1 heterocycles. The molecule has 3 rings (SSSR count). The van der Waals surface area contributed by atoms with E-state index in [4.69, 9.17) is 21.3 Å². The molecule has 0 radical (unpaired) electrons. The number of alkyl halides is 1. The molecule has 0 N–H and O–H groups in total. The molecule has 0 bridgehead atoms. The number of methoxy groups -OCH3 is 1. The van der Waals surface area contributed by atoms with Gasteiger partial charge in [-0.25, -0.2) is 4.98 Å². The van der Waals surface area contributed by atoms with Crippen molar-refractivity contribution in [1.82, 2.24) is 9.55 Å². The molecule has 19 heavy (non-hydrogen) atoms. The van der Waals surface area contributed by atoms with Crippen molar-refractivity contribution in [3.05, 3.63) is 24.0 Å². The van der Waals surface area contributed by atoms with Gasteiger partial charge < -0.3 is 9.30 Å². The van der Waals surface area contributed by atoms with Crippen LogP contribution in [0.15, 0.2) is 18.2 Å². The Balaban J connectivity index is 2.14. The van der Waals surface area contributed by atoms with E-state index in [0.717, 1.165) is 29.4 Å². The van der Waals surface area contributed by atoms with Gasteiger partial charge in [-0.3, -0.25) is 0 Å². The molecule has 1 aromatic heterocycles. The Morgan fingerprint density at radius 3 is 2.95 bits per heavy atom. The smallest absolute Gasteiger partial charge is 0.146 e. The van der Waals surface area contributed by atoms with Gasteiger partial charge in [-0.1, -0.05) is 19.4 Å². The van der Waals surface area contributed by atoms with Gasteiger partial charge in [0, 0.05) is 18.3 Å². The molecule has 2 atom stereocenters. The van der Waals surface area contributed by atoms with Crippen LogP contribution < -0.4 is 4.74 Å². The molecule has 3 nitrogen and oxygen atoms in total. The zero-order valence-corrected chi connectivity index (χ0v) is 12.2. The topological polar surface area (TPSA) is 27.1 Å². The number of hydrogen-bond donors (Lipinski definition) is 0. The number of aromatic nitrogens is 2. The fraction of sp³-hybridized carbons (Fsp3) is 0.533. The third-order valence-electron chi connectivity index (χ3n) is 4.04. The molecule has 1 fully saturated rings. The van der Waals surface area contributed by atoms with Crippen molar-refractivity contribution >= 4 is 22.6 Å². The number of nitrogens with zero attached hydrogens (tertiary/aromatic N) is 2. The van der Waals surface area contributed by atoms with Crippen LogP contribution in [0.5, 0.6) is 5.75 Å². The van der Waals surface area contributed by atoms with Gasteiger partial charge in [0.1, 0.15) is 17.1 Å². The van der Waals surface area contributed by atoms with Gasteiger partial charge in [-0.05, 0) is 24.5 Å². The van der Waals surface area contributed by atoms with E-state index in [-0.39, 0.29) is 0 Å². The summed E-state index contributed by atoms with van der Waals surface area (Å²) in [6.45, 7) is 2.26. The van der Waals surface area contributed by atoms with Crippen LogP contribution >= 0.6 is 11.6 Å². The third-order valence-corrected chi connectivity index (χ3v) is 4.22. The fourth-order valence-corrected chi connectivity index (χ4v) is 3.09. The van der Waals surface area contributed by atoms with Crippen molar-refractivity contribution in [3.8, 4) is 5.75 Å². The van der Waals surface area contributed by atoms with E-state index in [0.29, 0.717) is 11.9 Å². The Kier molecular flexibility index (Phi) is 3.40. The van der Waals surface area contributed by atoms with Crippen molar-refractivity contribution in [1.29, 1.82) is 0 Å². The Labute approximate surface area is 118 Å². The summed E-state index contributed by atoms with van der Waals surface area (Å²) >= 11 is 5.92. The van der Waals surface area contributed by atoms with Gasteiger partial charge in [0.15, 0.2) is 0 Å². The van der Waals surface area contributed by atoms with Crippen molar-refractivity contribution in [2.75, 3.05) is 13.0 Å². The molecular formula is C15H19ClN2O. The predicted octanol–water partition coefficient (Wildman–Crippen LogP) is 3.80. The fourth-order valence-electron chi connectivity index (χ4n) is 2.92. The second kappa shape index (κ2) is 5.04. The summed E-state index contributed by atoms with van der Waals surface area (Å²) in [4.78, 5) is 4.76. The standard InChI is InChI=1S/C15H19ClN2O/c1-3-10-9-12(10)18-11-5-4-6-13(19-2)15(11)17-14(18)7-8-16/h4-6,10,12H,3,7-9H2,1-2H3. The summed E-state index contributed by atoms with van der Waals surface area (Å²) in [5.74, 6) is 3.34. The molecule has 0 aliphatic heterocycles. The van der Waals surface area contributed by atoms with Crippen LogP contribution in [0.4, 0.5) is 0 Å². The molecule has 0 spiro atoms. The minimum Gasteiger partial charge on any atom is -0.494 e. The van der Waals surface area contributed by atoms with E-state index in [1.165, 1.54) is 18.4 Å². The Morgan fingerprint density at radius 1 is 1.47 bits per heavy atom. The van der Waals surface area contributed by atoms with Crippen molar-refractivity contribution in [2.45, 2.75) is 32.2 Å². The van der Waals surface area contributed by atoms with Crippen molar-refractivity contribution < 1.29 is 4.74 Å². The molecule has 1 aliphatic carbocycles. The normalized spacial score (nSPS) is 21.8. The summed E-state index contributed by atoms with van der Waals surface area (Å²) in [5.41, 5.74) is 2.15. The zero-order chi connectivity index (χ0) is 13.4. The van der Waals surface area contributed by atoms with E-state index in [1.54, 1.807) is 7.11 Å². The van der Waals surface area contributed by atoms with Crippen LogP contribution in [-0.2, 0) is 6.42 Å². The average molecular weight is 279 g/mol. The zero-order valence-electron chi connectivity index (χ0n) is 11.4. The minimum atomic E-state index is 0.598. The number of benzene rings is 1. The van der Waals surface area contributed by atoms with Crippen LogP contribution in [0, 0.1) is 5.92 Å². The highest BCUT2D eigenvalue weighted by Gasteiger charge is 2.39. The third kappa shape index (κ3) is 2.10. The van der Waals surface area contributed by atoms with E-state index in [1.807, 2.05) is 12.1 Å². The summed E-state index contributed by atoms with van der Waals surface area (Å²) < 4.78 is 7.80. The lowest BCUT2D eigenvalue weighted by atomic mass is 10.2. The number of halogens is 1. The lowest BCUT2D eigenvalue weighted by Crippen LogP contribution is -2.03. The Bertz CT molecular complexity index is 593. The number of ether oxygens (including phenoxy) is 1. The summed E-state index contributed by atoms with van der Waals surface area (Å²) in [5, 5.41) is 0. The van der Waals surface area contributed by atoms with Crippen LogP contribution in [0.2, 0.25) is 0 Å². The van der Waals surface area contributed by atoms with Crippen molar-refractivity contribution in [3.63, 3.8) is 0 Å². The van der Waals surface area contributed by atoms with Gasteiger partial charge in [0.25, 0.3) is 0 Å². The Hall–Kier alpha value is -1.22. The first-order valence-electron chi connectivity index (χ1n) is 6.90. The van der Waals surface area contributed by atoms with Gasteiger partial charge in [-0.15, -0.1) is 11.6 Å². The second-order valence-corrected chi connectivity index (χ2v) is 5.51. The van der Waals surface area contributed by atoms with Crippen molar-refractivity contribution in [2.24, 2.45) is 5.92 Å². The summed E-state index contributed by atoms with van der Waals surface area (Å²) in [6.07, 6.45) is 3.30. The van der Waals surface area contributed by atoms with Crippen LogP contribution in [0.25, 0.3) is 11.0 Å². The molecular weight excluding hydrogens is 260 g/mol. The maximum Gasteiger partial charge on any atom is 0.146 e. The number of hydrogen-bond acceptors (Lipinski definition) is 2. The molecule has 0 saturated heterocycles. The molecule has 1 saturated carbocycles. The highest BCUT2D eigenvalue weighted by atomic mass is 35.5. The number of imidazole rings is 1. The molecule has 0 amide bonds. The monoisotopic (exact) mass is 278 g/mol. The molecule has 102 valence electrons. The first-order chi connectivity index (χ1) is 9.30. The molecule has 1 aliphatic rings. The number of para-hydroxylation sites is 1. The van der Waals surface area contributed by atoms with Gasteiger partial charge in [0.05, 0.1) is 12.6 Å². The van der Waals surface area contributed by atoms with Crippen LogP contribution in [0.3, 0.4) is 0 Å². The van der Waals surface area contributed by atoms with Gasteiger partial charge >= 0.3 is 0 Å². The van der Waals surface area contributed by atoms with Gasteiger partial charge in [-0.2, -0.15) is 0 Å². The predicted molar refractivity (Wildman–Crippen MR) is 78.1 cm³/mol. The number of rotatable bonds is 5. The van der Waals surface area contributed by atoms with Crippen LogP contribution in [0.1, 0.15) is 31.6 Å². The SMILES string of the molecule is CCC1CC1n1c(CCCl)nc2c(OC)cccc21.